The average molecular weight is 415 g/mol. The van der Waals surface area contributed by atoms with Gasteiger partial charge in [0.25, 0.3) is 5.91 Å². The van der Waals surface area contributed by atoms with Gasteiger partial charge in [0.1, 0.15) is 5.75 Å². The van der Waals surface area contributed by atoms with Crippen LogP contribution in [0.1, 0.15) is 19.8 Å². The fraction of sp³-hybridized carbons (Fsp3) is 0.200. The summed E-state index contributed by atoms with van der Waals surface area (Å²) in [5.41, 5.74) is 3.41. The molecule has 0 bridgehead atoms. The molecule has 3 aromatic rings. The zero-order chi connectivity index (χ0) is 21.6. The van der Waals surface area contributed by atoms with Gasteiger partial charge < -0.3 is 20.7 Å². The molecule has 0 radical (unpaired) electrons. The maximum absolute atomic E-state index is 12.6. The van der Waals surface area contributed by atoms with Crippen LogP contribution in [-0.2, 0) is 4.79 Å². The first-order chi connectivity index (χ1) is 15.1. The van der Waals surface area contributed by atoms with Crippen molar-refractivity contribution in [3.63, 3.8) is 0 Å². The zero-order valence-corrected chi connectivity index (χ0v) is 17.3. The minimum absolute atomic E-state index is 0.235. The van der Waals surface area contributed by atoms with Gasteiger partial charge in [0, 0.05) is 17.4 Å². The maximum Gasteiger partial charge on any atom is 0.319 e. The molecule has 0 aromatic heterocycles. The number of ether oxygens (including phenoxy) is 1. The van der Waals surface area contributed by atoms with Crippen molar-refractivity contribution in [1.29, 1.82) is 0 Å². The molecule has 1 fully saturated rings. The Bertz CT molecular complexity index is 1050. The number of hydrogen-bond donors (Lipinski definition) is 3. The molecule has 1 aliphatic rings. The van der Waals surface area contributed by atoms with E-state index >= 15 is 0 Å². The minimum Gasteiger partial charge on any atom is -0.481 e. The summed E-state index contributed by atoms with van der Waals surface area (Å²) < 4.78 is 5.79. The van der Waals surface area contributed by atoms with Crippen LogP contribution in [-0.4, -0.2) is 24.1 Å². The van der Waals surface area contributed by atoms with Gasteiger partial charge in [-0.05, 0) is 61.2 Å². The summed E-state index contributed by atoms with van der Waals surface area (Å²) in [5.74, 6) is 0.348. The molecular formula is C25H25N3O3. The monoisotopic (exact) mass is 415 g/mol. The highest BCUT2D eigenvalue weighted by atomic mass is 16.5. The molecule has 6 nitrogen and oxygen atoms in total. The molecule has 0 saturated heterocycles. The van der Waals surface area contributed by atoms with E-state index in [4.69, 9.17) is 4.74 Å². The van der Waals surface area contributed by atoms with E-state index in [1.54, 1.807) is 31.2 Å². The number of amides is 3. The first kappa shape index (κ1) is 20.5. The molecular weight excluding hydrogens is 390 g/mol. The molecule has 1 saturated carbocycles. The Labute approximate surface area is 181 Å². The lowest BCUT2D eigenvalue weighted by Gasteiger charge is -2.16. The van der Waals surface area contributed by atoms with Crippen LogP contribution < -0.4 is 20.7 Å². The van der Waals surface area contributed by atoms with Crippen LogP contribution in [0.4, 0.5) is 16.2 Å². The molecule has 0 spiro atoms. The fourth-order valence-corrected chi connectivity index (χ4v) is 3.11. The van der Waals surface area contributed by atoms with Gasteiger partial charge in [-0.2, -0.15) is 0 Å². The second-order valence-electron chi connectivity index (χ2n) is 7.59. The standard InChI is InChI=1S/C25H25N3O3/c1-17(31-23-14-10-19(11-15-23)18-6-3-2-4-7-18)24(29)26-21-8-5-9-22(16-21)28-25(30)27-20-12-13-20/h2-11,14-17,20H,12-13H2,1H3,(H,26,29)(H2,27,28,30)/t17-/m0/s1. The average Bonchev–Trinajstić information content (AvgIpc) is 3.59. The molecule has 0 heterocycles. The fourth-order valence-electron chi connectivity index (χ4n) is 3.11. The number of rotatable bonds is 7. The van der Waals surface area contributed by atoms with E-state index in [1.807, 2.05) is 54.6 Å². The highest BCUT2D eigenvalue weighted by Crippen LogP contribution is 2.23. The molecule has 31 heavy (non-hydrogen) atoms. The Morgan fingerprint density at radius 2 is 1.48 bits per heavy atom. The maximum atomic E-state index is 12.6. The quantitative estimate of drug-likeness (QED) is 0.506. The van der Waals surface area contributed by atoms with E-state index in [0.29, 0.717) is 17.1 Å². The van der Waals surface area contributed by atoms with E-state index in [1.165, 1.54) is 0 Å². The first-order valence-corrected chi connectivity index (χ1v) is 10.4. The second-order valence-corrected chi connectivity index (χ2v) is 7.59. The number of carbonyl (C=O) groups excluding carboxylic acids is 2. The van der Waals surface area contributed by atoms with Crippen molar-refractivity contribution in [2.75, 3.05) is 10.6 Å². The van der Waals surface area contributed by atoms with Crippen LogP contribution in [0.15, 0.2) is 78.9 Å². The molecule has 3 N–H and O–H groups in total. The smallest absolute Gasteiger partial charge is 0.319 e. The summed E-state index contributed by atoms with van der Waals surface area (Å²) in [4.78, 5) is 24.4. The van der Waals surface area contributed by atoms with Crippen LogP contribution in [0.5, 0.6) is 5.75 Å². The Kier molecular flexibility index (Phi) is 6.17. The third-order valence-corrected chi connectivity index (χ3v) is 4.94. The number of anilines is 2. The van der Waals surface area contributed by atoms with Gasteiger partial charge in [0.15, 0.2) is 6.10 Å². The van der Waals surface area contributed by atoms with E-state index in [9.17, 15) is 9.59 Å². The van der Waals surface area contributed by atoms with Crippen molar-refractivity contribution in [2.45, 2.75) is 31.9 Å². The molecule has 4 rings (SSSR count). The third-order valence-electron chi connectivity index (χ3n) is 4.94. The predicted molar refractivity (Wildman–Crippen MR) is 122 cm³/mol. The van der Waals surface area contributed by atoms with Gasteiger partial charge in [-0.25, -0.2) is 4.79 Å². The summed E-state index contributed by atoms with van der Waals surface area (Å²) in [6.07, 6.45) is 1.37. The van der Waals surface area contributed by atoms with Crippen LogP contribution in [0.2, 0.25) is 0 Å². The normalized spacial score (nSPS) is 13.7. The van der Waals surface area contributed by atoms with E-state index in [0.717, 1.165) is 24.0 Å². The Morgan fingerprint density at radius 3 is 2.16 bits per heavy atom. The summed E-state index contributed by atoms with van der Waals surface area (Å²) >= 11 is 0. The number of nitrogens with one attached hydrogen (secondary N) is 3. The molecule has 1 atom stereocenters. The van der Waals surface area contributed by atoms with Crippen LogP contribution in [0.25, 0.3) is 11.1 Å². The summed E-state index contributed by atoms with van der Waals surface area (Å²) in [7, 11) is 0. The number of carbonyl (C=O) groups is 2. The van der Waals surface area contributed by atoms with Crippen LogP contribution in [0, 0.1) is 0 Å². The van der Waals surface area contributed by atoms with Gasteiger partial charge in [0.2, 0.25) is 0 Å². The Hall–Kier alpha value is -3.80. The van der Waals surface area contributed by atoms with E-state index in [2.05, 4.69) is 16.0 Å². The first-order valence-electron chi connectivity index (χ1n) is 10.4. The summed E-state index contributed by atoms with van der Waals surface area (Å²) in [6.45, 7) is 1.70. The minimum atomic E-state index is -0.683. The Morgan fingerprint density at radius 1 is 0.839 bits per heavy atom. The number of hydrogen-bond acceptors (Lipinski definition) is 3. The van der Waals surface area contributed by atoms with Gasteiger partial charge in [-0.1, -0.05) is 48.5 Å². The molecule has 0 aliphatic heterocycles. The molecule has 6 heteroatoms. The second kappa shape index (κ2) is 9.34. The van der Waals surface area contributed by atoms with E-state index < -0.39 is 6.10 Å². The largest absolute Gasteiger partial charge is 0.481 e. The summed E-state index contributed by atoms with van der Waals surface area (Å²) in [5, 5.41) is 8.48. The molecule has 1 aliphatic carbocycles. The SMILES string of the molecule is C[C@H](Oc1ccc(-c2ccccc2)cc1)C(=O)Nc1cccc(NC(=O)NC2CC2)c1. The molecule has 0 unspecified atom stereocenters. The van der Waals surface area contributed by atoms with Crippen molar-refractivity contribution >= 4 is 23.3 Å². The molecule has 3 amide bonds. The lowest BCUT2D eigenvalue weighted by atomic mass is 10.1. The number of urea groups is 1. The molecule has 3 aromatic carbocycles. The topological polar surface area (TPSA) is 79.5 Å². The van der Waals surface area contributed by atoms with Crippen molar-refractivity contribution in [3.8, 4) is 16.9 Å². The van der Waals surface area contributed by atoms with E-state index in [-0.39, 0.29) is 18.0 Å². The Balaban J connectivity index is 1.32. The lowest BCUT2D eigenvalue weighted by Crippen LogP contribution is -2.31. The number of benzene rings is 3. The third kappa shape index (κ3) is 5.85. The van der Waals surface area contributed by atoms with Gasteiger partial charge in [-0.3, -0.25) is 4.79 Å². The lowest BCUT2D eigenvalue weighted by molar-refractivity contribution is -0.122. The molecule has 158 valence electrons. The van der Waals surface area contributed by atoms with Gasteiger partial charge in [-0.15, -0.1) is 0 Å². The van der Waals surface area contributed by atoms with Crippen molar-refractivity contribution in [3.05, 3.63) is 78.9 Å². The highest BCUT2D eigenvalue weighted by Gasteiger charge is 2.23. The highest BCUT2D eigenvalue weighted by molar-refractivity contribution is 5.95. The summed E-state index contributed by atoms with van der Waals surface area (Å²) in [6, 6.07) is 24.8. The van der Waals surface area contributed by atoms with Gasteiger partial charge >= 0.3 is 6.03 Å². The van der Waals surface area contributed by atoms with Crippen LogP contribution >= 0.6 is 0 Å². The zero-order valence-electron chi connectivity index (χ0n) is 17.3. The van der Waals surface area contributed by atoms with Crippen LogP contribution in [0.3, 0.4) is 0 Å². The predicted octanol–water partition coefficient (Wildman–Crippen LogP) is 5.04. The van der Waals surface area contributed by atoms with Gasteiger partial charge in [0.05, 0.1) is 0 Å². The van der Waals surface area contributed by atoms with Crippen molar-refractivity contribution in [1.82, 2.24) is 5.32 Å². The van der Waals surface area contributed by atoms with Crippen molar-refractivity contribution < 1.29 is 14.3 Å². The van der Waals surface area contributed by atoms with Crippen molar-refractivity contribution in [2.24, 2.45) is 0 Å².